The fraction of sp³-hybridized carbons (Fsp3) is 0.286. The van der Waals surface area contributed by atoms with Gasteiger partial charge >= 0.3 is 5.69 Å². The van der Waals surface area contributed by atoms with Crippen molar-refractivity contribution in [1.29, 1.82) is 0 Å². The number of H-pyrrole nitrogens is 1. The van der Waals surface area contributed by atoms with Gasteiger partial charge in [-0.3, -0.25) is 0 Å². The van der Waals surface area contributed by atoms with Crippen LogP contribution in [0.15, 0.2) is 35.1 Å². The average molecular weight is 228 g/mol. The minimum atomic E-state index is -0.298. The van der Waals surface area contributed by atoms with Gasteiger partial charge in [0.25, 0.3) is 0 Å². The maximum absolute atomic E-state index is 11.3. The van der Waals surface area contributed by atoms with E-state index in [1.807, 2.05) is 25.1 Å². The molecule has 0 amide bonds. The third-order valence-electron chi connectivity index (χ3n) is 2.75. The molecular formula is C14H16N2O. The molecule has 0 bridgehead atoms. The molecule has 88 valence electrons. The van der Waals surface area contributed by atoms with Crippen LogP contribution in [0.3, 0.4) is 0 Å². The highest BCUT2D eigenvalue weighted by atomic mass is 16.1. The molecule has 0 spiro atoms. The van der Waals surface area contributed by atoms with Crippen LogP contribution in [0, 0.1) is 6.92 Å². The van der Waals surface area contributed by atoms with Gasteiger partial charge in [0, 0.05) is 11.3 Å². The number of rotatable bonds is 2. The number of nitrogens with one attached hydrogen (secondary N) is 1. The van der Waals surface area contributed by atoms with Crippen molar-refractivity contribution in [3.8, 4) is 11.3 Å². The molecule has 2 aromatic rings. The third-order valence-corrected chi connectivity index (χ3v) is 2.75. The lowest BCUT2D eigenvalue weighted by molar-refractivity contribution is 0.867. The van der Waals surface area contributed by atoms with Crippen LogP contribution in [0.5, 0.6) is 0 Å². The number of aromatic amines is 1. The van der Waals surface area contributed by atoms with E-state index in [1.54, 1.807) is 0 Å². The lowest BCUT2D eigenvalue weighted by atomic mass is 10.0. The molecular weight excluding hydrogens is 212 g/mol. The van der Waals surface area contributed by atoms with E-state index in [1.165, 1.54) is 5.56 Å². The number of hydrogen-bond acceptors (Lipinski definition) is 2. The predicted octanol–water partition coefficient (Wildman–Crippen LogP) is 2.87. The van der Waals surface area contributed by atoms with Crippen molar-refractivity contribution in [3.05, 3.63) is 52.1 Å². The molecule has 0 aliphatic heterocycles. The average Bonchev–Trinajstić information content (AvgIpc) is 2.28. The molecule has 0 fully saturated rings. The molecule has 0 aliphatic rings. The maximum atomic E-state index is 11.3. The van der Waals surface area contributed by atoms with E-state index in [0.29, 0.717) is 5.92 Å². The van der Waals surface area contributed by atoms with Gasteiger partial charge in [0.05, 0.1) is 5.69 Å². The topological polar surface area (TPSA) is 45.8 Å². The first-order valence-corrected chi connectivity index (χ1v) is 5.74. The molecule has 1 heterocycles. The van der Waals surface area contributed by atoms with Crippen molar-refractivity contribution in [2.24, 2.45) is 0 Å². The quantitative estimate of drug-likeness (QED) is 0.859. The molecule has 3 heteroatoms. The molecule has 2 rings (SSSR count). The van der Waals surface area contributed by atoms with Crippen molar-refractivity contribution >= 4 is 0 Å². The van der Waals surface area contributed by atoms with E-state index in [-0.39, 0.29) is 5.69 Å². The second-order valence-electron chi connectivity index (χ2n) is 4.53. The zero-order valence-corrected chi connectivity index (χ0v) is 10.3. The summed E-state index contributed by atoms with van der Waals surface area (Å²) in [4.78, 5) is 17.9. The first-order valence-electron chi connectivity index (χ1n) is 5.74. The Labute approximate surface area is 101 Å². The number of nitrogens with zero attached hydrogens (tertiary/aromatic N) is 1. The Morgan fingerprint density at radius 2 is 1.82 bits per heavy atom. The Bertz CT molecular complexity index is 568. The SMILES string of the molecule is Cc1cc(-c2ccc(C(C)C)cc2)nc(=O)[nH]1. The summed E-state index contributed by atoms with van der Waals surface area (Å²) in [5.74, 6) is 0.512. The Morgan fingerprint density at radius 1 is 1.18 bits per heavy atom. The van der Waals surface area contributed by atoms with Gasteiger partial charge in [0.1, 0.15) is 0 Å². The van der Waals surface area contributed by atoms with Gasteiger partial charge < -0.3 is 4.98 Å². The number of benzene rings is 1. The summed E-state index contributed by atoms with van der Waals surface area (Å²) >= 11 is 0. The van der Waals surface area contributed by atoms with Crippen LogP contribution in [0.25, 0.3) is 11.3 Å². The van der Waals surface area contributed by atoms with Crippen molar-refractivity contribution in [2.75, 3.05) is 0 Å². The van der Waals surface area contributed by atoms with E-state index >= 15 is 0 Å². The molecule has 3 nitrogen and oxygen atoms in total. The first kappa shape index (κ1) is 11.6. The lowest BCUT2D eigenvalue weighted by Gasteiger charge is -2.06. The van der Waals surface area contributed by atoms with E-state index in [9.17, 15) is 4.79 Å². The molecule has 0 aliphatic carbocycles. The summed E-state index contributed by atoms with van der Waals surface area (Å²) < 4.78 is 0. The Balaban J connectivity index is 2.43. The molecule has 1 aromatic carbocycles. The Hall–Kier alpha value is -1.90. The van der Waals surface area contributed by atoms with Gasteiger partial charge in [-0.15, -0.1) is 0 Å². The summed E-state index contributed by atoms with van der Waals surface area (Å²) in [6.45, 7) is 6.17. The Morgan fingerprint density at radius 3 is 2.35 bits per heavy atom. The second kappa shape index (κ2) is 4.53. The molecule has 0 radical (unpaired) electrons. The number of aromatic nitrogens is 2. The molecule has 1 aromatic heterocycles. The van der Waals surface area contributed by atoms with Crippen LogP contribution in [-0.4, -0.2) is 9.97 Å². The van der Waals surface area contributed by atoms with Crippen LogP contribution < -0.4 is 5.69 Å². The van der Waals surface area contributed by atoms with Gasteiger partial charge in [-0.1, -0.05) is 38.1 Å². The zero-order valence-electron chi connectivity index (χ0n) is 10.3. The van der Waals surface area contributed by atoms with Gasteiger partial charge in [-0.05, 0) is 24.5 Å². The smallest absolute Gasteiger partial charge is 0.310 e. The van der Waals surface area contributed by atoms with E-state index in [4.69, 9.17) is 0 Å². The maximum Gasteiger partial charge on any atom is 0.345 e. The van der Waals surface area contributed by atoms with E-state index in [0.717, 1.165) is 17.0 Å². The minimum Gasteiger partial charge on any atom is -0.310 e. The molecule has 0 saturated heterocycles. The number of hydrogen-bond donors (Lipinski definition) is 1. The summed E-state index contributed by atoms with van der Waals surface area (Å²) in [5, 5.41) is 0. The molecule has 17 heavy (non-hydrogen) atoms. The van der Waals surface area contributed by atoms with Gasteiger partial charge in [0.2, 0.25) is 0 Å². The fourth-order valence-electron chi connectivity index (χ4n) is 1.77. The lowest BCUT2D eigenvalue weighted by Crippen LogP contribution is -2.11. The summed E-state index contributed by atoms with van der Waals surface area (Å²) in [7, 11) is 0. The second-order valence-corrected chi connectivity index (χ2v) is 4.53. The van der Waals surface area contributed by atoms with Crippen molar-refractivity contribution in [3.63, 3.8) is 0 Å². The highest BCUT2D eigenvalue weighted by Crippen LogP contribution is 2.20. The third kappa shape index (κ3) is 2.61. The summed E-state index contributed by atoms with van der Waals surface area (Å²) in [6, 6.07) is 10.1. The zero-order chi connectivity index (χ0) is 12.4. The van der Waals surface area contributed by atoms with E-state index < -0.39 is 0 Å². The standard InChI is InChI=1S/C14H16N2O/c1-9(2)11-4-6-12(7-5-11)13-8-10(3)15-14(17)16-13/h4-9H,1-3H3,(H,15,16,17). The first-order chi connectivity index (χ1) is 8.06. The summed E-state index contributed by atoms with van der Waals surface area (Å²) in [6.07, 6.45) is 0. The normalized spacial score (nSPS) is 10.8. The van der Waals surface area contributed by atoms with Crippen molar-refractivity contribution < 1.29 is 0 Å². The van der Waals surface area contributed by atoms with Crippen molar-refractivity contribution in [2.45, 2.75) is 26.7 Å². The molecule has 1 N–H and O–H groups in total. The molecule has 0 atom stereocenters. The monoisotopic (exact) mass is 228 g/mol. The predicted molar refractivity (Wildman–Crippen MR) is 69.1 cm³/mol. The summed E-state index contributed by atoms with van der Waals surface area (Å²) in [5.41, 5.74) is 3.52. The van der Waals surface area contributed by atoms with Gasteiger partial charge in [-0.2, -0.15) is 4.98 Å². The van der Waals surface area contributed by atoms with Gasteiger partial charge in [-0.25, -0.2) is 4.79 Å². The Kier molecular flexibility index (Phi) is 3.09. The molecule has 0 saturated carbocycles. The van der Waals surface area contributed by atoms with Crippen LogP contribution in [0.2, 0.25) is 0 Å². The minimum absolute atomic E-state index is 0.298. The van der Waals surface area contributed by atoms with Crippen LogP contribution in [0.1, 0.15) is 31.0 Å². The van der Waals surface area contributed by atoms with Crippen LogP contribution in [0.4, 0.5) is 0 Å². The largest absolute Gasteiger partial charge is 0.345 e. The van der Waals surface area contributed by atoms with Crippen LogP contribution >= 0.6 is 0 Å². The highest BCUT2D eigenvalue weighted by molar-refractivity contribution is 5.59. The van der Waals surface area contributed by atoms with Crippen molar-refractivity contribution in [1.82, 2.24) is 9.97 Å². The number of aryl methyl sites for hydroxylation is 1. The van der Waals surface area contributed by atoms with E-state index in [2.05, 4.69) is 35.9 Å². The highest BCUT2D eigenvalue weighted by Gasteiger charge is 2.03. The van der Waals surface area contributed by atoms with Gasteiger partial charge in [0.15, 0.2) is 0 Å². The van der Waals surface area contributed by atoms with Crippen LogP contribution in [-0.2, 0) is 0 Å². The molecule has 0 unspecified atom stereocenters. The fourth-order valence-corrected chi connectivity index (χ4v) is 1.77.